The van der Waals surface area contributed by atoms with Crippen molar-refractivity contribution in [3.8, 4) is 11.5 Å². The number of carbonyl (C=O) groups is 1. The quantitative estimate of drug-likeness (QED) is 0.452. The molecule has 0 fully saturated rings. The van der Waals surface area contributed by atoms with Gasteiger partial charge in [-0.3, -0.25) is 4.98 Å². The number of nitrogens with zero attached hydrogens (tertiary/aromatic N) is 3. The molecule has 0 spiro atoms. The number of amides is 2. The van der Waals surface area contributed by atoms with Crippen LogP contribution in [0.4, 0.5) is 27.8 Å². The lowest BCUT2D eigenvalue weighted by atomic mass is 10.3. The molecular formula is C19H19N7O3. The summed E-state index contributed by atoms with van der Waals surface area (Å²) in [4.78, 5) is 15.9. The van der Waals surface area contributed by atoms with E-state index >= 15 is 0 Å². The zero-order valence-corrected chi connectivity index (χ0v) is 15.4. The highest BCUT2D eigenvalue weighted by Gasteiger charge is 2.13. The number of ether oxygens (including phenoxy) is 2. The Labute approximate surface area is 166 Å². The van der Waals surface area contributed by atoms with E-state index in [1.807, 2.05) is 24.3 Å². The molecule has 0 unspecified atom stereocenters. The molecule has 148 valence electrons. The van der Waals surface area contributed by atoms with Gasteiger partial charge in [0.15, 0.2) is 17.3 Å². The first kappa shape index (κ1) is 18.3. The number of aromatic nitrogens is 3. The van der Waals surface area contributed by atoms with Crippen molar-refractivity contribution in [1.29, 1.82) is 0 Å². The molecule has 2 amide bonds. The van der Waals surface area contributed by atoms with Gasteiger partial charge in [-0.25, -0.2) is 4.79 Å². The molecule has 0 saturated carbocycles. The van der Waals surface area contributed by atoms with Crippen molar-refractivity contribution in [2.45, 2.75) is 0 Å². The zero-order valence-electron chi connectivity index (χ0n) is 15.4. The number of benzene rings is 1. The van der Waals surface area contributed by atoms with Gasteiger partial charge >= 0.3 is 6.03 Å². The minimum atomic E-state index is -0.311. The number of carbonyl (C=O) groups excluding carboxylic acids is 1. The van der Waals surface area contributed by atoms with E-state index in [0.717, 1.165) is 5.69 Å². The Balaban J connectivity index is 1.18. The minimum absolute atomic E-state index is 0.195. The third-order valence-corrected chi connectivity index (χ3v) is 3.96. The minimum Gasteiger partial charge on any atom is -0.454 e. The standard InChI is InChI=1S/C19H19N7O3/c27-19(24-14-1-2-15-16(11-14)29-12-28-15)22-10-9-21-17-3-4-18(26-25-17)23-13-5-7-20-8-6-13/h1-8,11H,9-10,12H2,(H,21,25)(H,20,23,26)(H2,22,24,27). The van der Waals surface area contributed by atoms with Gasteiger partial charge < -0.3 is 30.7 Å². The van der Waals surface area contributed by atoms with Gasteiger partial charge in [-0.15, -0.1) is 10.2 Å². The number of hydrogen-bond donors (Lipinski definition) is 4. The highest BCUT2D eigenvalue weighted by molar-refractivity contribution is 5.89. The van der Waals surface area contributed by atoms with Gasteiger partial charge in [0.25, 0.3) is 0 Å². The van der Waals surface area contributed by atoms with Crippen LogP contribution in [-0.2, 0) is 0 Å². The van der Waals surface area contributed by atoms with E-state index in [-0.39, 0.29) is 12.8 Å². The Morgan fingerprint density at radius 1 is 0.897 bits per heavy atom. The fourth-order valence-electron chi connectivity index (χ4n) is 2.59. The summed E-state index contributed by atoms with van der Waals surface area (Å²) in [6.45, 7) is 1.11. The molecule has 29 heavy (non-hydrogen) atoms. The van der Waals surface area contributed by atoms with E-state index in [9.17, 15) is 4.79 Å². The predicted octanol–water partition coefficient (Wildman–Crippen LogP) is 2.58. The molecule has 2 aromatic heterocycles. The smallest absolute Gasteiger partial charge is 0.319 e. The molecule has 4 N–H and O–H groups in total. The Bertz CT molecular complexity index is 967. The van der Waals surface area contributed by atoms with Crippen LogP contribution in [0.5, 0.6) is 11.5 Å². The second kappa shape index (κ2) is 8.74. The van der Waals surface area contributed by atoms with Crippen LogP contribution in [-0.4, -0.2) is 41.1 Å². The average Bonchev–Trinajstić information content (AvgIpc) is 3.21. The first-order valence-electron chi connectivity index (χ1n) is 8.95. The van der Waals surface area contributed by atoms with E-state index in [1.54, 1.807) is 30.6 Å². The fraction of sp³-hybridized carbons (Fsp3) is 0.158. The summed E-state index contributed by atoms with van der Waals surface area (Å²) in [5.41, 5.74) is 1.51. The van der Waals surface area contributed by atoms with Gasteiger partial charge in [0.05, 0.1) is 0 Å². The van der Waals surface area contributed by atoms with Crippen molar-refractivity contribution < 1.29 is 14.3 Å². The largest absolute Gasteiger partial charge is 0.454 e. The number of rotatable bonds is 7. The van der Waals surface area contributed by atoms with Gasteiger partial charge in [0.2, 0.25) is 6.79 Å². The Kier molecular flexibility index (Phi) is 5.51. The van der Waals surface area contributed by atoms with Crippen molar-refractivity contribution in [2.24, 2.45) is 0 Å². The fourth-order valence-corrected chi connectivity index (χ4v) is 2.59. The maximum Gasteiger partial charge on any atom is 0.319 e. The Morgan fingerprint density at radius 2 is 1.69 bits per heavy atom. The van der Waals surface area contributed by atoms with Crippen LogP contribution < -0.4 is 30.7 Å². The van der Waals surface area contributed by atoms with Crippen molar-refractivity contribution in [3.63, 3.8) is 0 Å². The van der Waals surface area contributed by atoms with E-state index in [2.05, 4.69) is 36.4 Å². The summed E-state index contributed by atoms with van der Waals surface area (Å²) >= 11 is 0. The van der Waals surface area contributed by atoms with E-state index in [0.29, 0.717) is 41.9 Å². The molecule has 0 radical (unpaired) electrons. The first-order valence-corrected chi connectivity index (χ1v) is 8.95. The molecule has 0 atom stereocenters. The summed E-state index contributed by atoms with van der Waals surface area (Å²) in [6.07, 6.45) is 3.39. The number of fused-ring (bicyclic) bond motifs is 1. The molecule has 0 bridgehead atoms. The van der Waals surface area contributed by atoms with Crippen LogP contribution >= 0.6 is 0 Å². The van der Waals surface area contributed by atoms with E-state index in [1.165, 1.54) is 0 Å². The second-order valence-corrected chi connectivity index (χ2v) is 6.04. The van der Waals surface area contributed by atoms with Crippen LogP contribution in [0.1, 0.15) is 0 Å². The maximum absolute atomic E-state index is 12.0. The maximum atomic E-state index is 12.0. The summed E-state index contributed by atoms with van der Waals surface area (Å²) in [5, 5.41) is 19.9. The molecular weight excluding hydrogens is 374 g/mol. The van der Waals surface area contributed by atoms with Crippen molar-refractivity contribution in [3.05, 3.63) is 54.9 Å². The highest BCUT2D eigenvalue weighted by Crippen LogP contribution is 2.34. The number of hydrogen-bond acceptors (Lipinski definition) is 8. The summed E-state index contributed by atoms with van der Waals surface area (Å²) < 4.78 is 10.5. The summed E-state index contributed by atoms with van der Waals surface area (Å²) in [7, 11) is 0. The highest BCUT2D eigenvalue weighted by atomic mass is 16.7. The van der Waals surface area contributed by atoms with Gasteiger partial charge in [-0.2, -0.15) is 0 Å². The molecule has 3 heterocycles. The second-order valence-electron chi connectivity index (χ2n) is 6.04. The van der Waals surface area contributed by atoms with Crippen molar-refractivity contribution >= 4 is 29.0 Å². The Hall–Kier alpha value is -4.08. The molecule has 3 aromatic rings. The third kappa shape index (κ3) is 5.01. The van der Waals surface area contributed by atoms with E-state index in [4.69, 9.17) is 9.47 Å². The zero-order chi connectivity index (χ0) is 19.9. The Morgan fingerprint density at radius 3 is 2.52 bits per heavy atom. The molecule has 0 saturated heterocycles. The van der Waals surface area contributed by atoms with Crippen LogP contribution in [0.3, 0.4) is 0 Å². The number of nitrogens with one attached hydrogen (secondary N) is 4. The lowest BCUT2D eigenvalue weighted by Gasteiger charge is -2.09. The third-order valence-electron chi connectivity index (χ3n) is 3.96. The summed E-state index contributed by atoms with van der Waals surface area (Å²) in [6, 6.07) is 12.2. The van der Waals surface area contributed by atoms with Crippen molar-refractivity contribution in [2.75, 3.05) is 35.8 Å². The molecule has 1 aromatic carbocycles. The lowest BCUT2D eigenvalue weighted by Crippen LogP contribution is -2.32. The molecule has 1 aliphatic heterocycles. The van der Waals surface area contributed by atoms with Gasteiger partial charge in [0.1, 0.15) is 5.82 Å². The summed E-state index contributed by atoms with van der Waals surface area (Å²) in [5.74, 6) is 2.53. The molecule has 10 heteroatoms. The lowest BCUT2D eigenvalue weighted by molar-refractivity contribution is 0.174. The van der Waals surface area contributed by atoms with Gasteiger partial charge in [-0.1, -0.05) is 0 Å². The van der Waals surface area contributed by atoms with Gasteiger partial charge in [0, 0.05) is 42.9 Å². The average molecular weight is 393 g/mol. The van der Waals surface area contributed by atoms with Crippen LogP contribution in [0.2, 0.25) is 0 Å². The van der Waals surface area contributed by atoms with E-state index < -0.39 is 0 Å². The molecule has 0 aliphatic carbocycles. The first-order chi connectivity index (χ1) is 14.3. The number of urea groups is 1. The van der Waals surface area contributed by atoms with Crippen molar-refractivity contribution in [1.82, 2.24) is 20.5 Å². The molecule has 10 nitrogen and oxygen atoms in total. The topological polar surface area (TPSA) is 122 Å². The van der Waals surface area contributed by atoms with Crippen LogP contribution in [0, 0.1) is 0 Å². The predicted molar refractivity (Wildman–Crippen MR) is 108 cm³/mol. The number of pyridine rings is 1. The van der Waals surface area contributed by atoms with Crippen LogP contribution in [0.15, 0.2) is 54.9 Å². The normalized spacial score (nSPS) is 11.6. The molecule has 1 aliphatic rings. The van der Waals surface area contributed by atoms with Crippen LogP contribution in [0.25, 0.3) is 0 Å². The van der Waals surface area contributed by atoms with Gasteiger partial charge in [-0.05, 0) is 36.4 Å². The monoisotopic (exact) mass is 393 g/mol. The SMILES string of the molecule is O=C(NCCNc1ccc(Nc2ccncc2)nn1)Nc1ccc2c(c1)OCO2. The molecule has 4 rings (SSSR count). The number of anilines is 4.